The van der Waals surface area contributed by atoms with Crippen LogP contribution >= 0.6 is 11.6 Å². The number of anilines is 2. The number of aromatic nitrogens is 2. The van der Waals surface area contributed by atoms with Gasteiger partial charge in [0.2, 0.25) is 5.91 Å². The summed E-state index contributed by atoms with van der Waals surface area (Å²) in [6.45, 7) is 1.46. The highest BCUT2D eigenvalue weighted by atomic mass is 35.5. The van der Waals surface area contributed by atoms with Crippen molar-refractivity contribution in [1.82, 2.24) is 9.97 Å². The third-order valence-electron chi connectivity index (χ3n) is 5.29. The van der Waals surface area contributed by atoms with Crippen molar-refractivity contribution in [1.29, 1.82) is 0 Å². The van der Waals surface area contributed by atoms with Crippen molar-refractivity contribution in [3.8, 4) is 17.0 Å². The molecule has 0 spiro atoms. The number of carbonyl (C=O) groups excluding carboxylic acids is 1. The van der Waals surface area contributed by atoms with Gasteiger partial charge in [-0.15, -0.1) is 0 Å². The van der Waals surface area contributed by atoms with Gasteiger partial charge in [-0.25, -0.2) is 9.97 Å². The summed E-state index contributed by atoms with van der Waals surface area (Å²) in [5, 5.41) is 3.50. The van der Waals surface area contributed by atoms with E-state index < -0.39 is 0 Å². The monoisotopic (exact) mass is 422 g/mol. The molecule has 2 heterocycles. The van der Waals surface area contributed by atoms with Crippen LogP contribution in [-0.2, 0) is 4.79 Å². The Bertz CT molecular complexity index is 1030. The van der Waals surface area contributed by atoms with Crippen LogP contribution in [0.4, 0.5) is 11.5 Å². The first-order valence-electron chi connectivity index (χ1n) is 9.91. The number of nitrogens with one attached hydrogen (secondary N) is 1. The van der Waals surface area contributed by atoms with Gasteiger partial charge in [0, 0.05) is 24.7 Å². The maximum atomic E-state index is 12.8. The molecule has 1 saturated heterocycles. The van der Waals surface area contributed by atoms with E-state index >= 15 is 0 Å². The predicted octanol–water partition coefficient (Wildman–Crippen LogP) is 4.66. The van der Waals surface area contributed by atoms with Crippen molar-refractivity contribution in [2.24, 2.45) is 5.92 Å². The standard InChI is InChI=1S/C23H23ClN4O2/c1-30-18-10-8-16(9-11-18)21-13-22(26-15-25-21)28-12-4-5-17(14-28)23(29)27-20-7-3-2-6-19(20)24/h2-3,6-11,13,15,17H,4-5,12,14H2,1H3,(H,27,29)/t17-/m1/s1. The average Bonchev–Trinajstić information content (AvgIpc) is 2.81. The van der Waals surface area contributed by atoms with E-state index in [9.17, 15) is 4.79 Å². The predicted molar refractivity (Wildman–Crippen MR) is 119 cm³/mol. The van der Waals surface area contributed by atoms with Crippen LogP contribution < -0.4 is 15.0 Å². The minimum absolute atomic E-state index is 0.0165. The Morgan fingerprint density at radius 1 is 1.17 bits per heavy atom. The highest BCUT2D eigenvalue weighted by molar-refractivity contribution is 6.33. The van der Waals surface area contributed by atoms with E-state index in [1.807, 2.05) is 48.5 Å². The normalized spacial score (nSPS) is 16.2. The van der Waals surface area contributed by atoms with Crippen LogP contribution in [0.3, 0.4) is 0 Å². The number of nitrogens with zero attached hydrogens (tertiary/aromatic N) is 3. The second-order valence-corrected chi connectivity index (χ2v) is 7.65. The van der Waals surface area contributed by atoms with E-state index in [0.717, 1.165) is 42.2 Å². The highest BCUT2D eigenvalue weighted by Gasteiger charge is 2.27. The molecule has 0 saturated carbocycles. The number of carbonyl (C=O) groups is 1. The first kappa shape index (κ1) is 20.2. The molecule has 1 aromatic heterocycles. The minimum Gasteiger partial charge on any atom is -0.497 e. The number of amides is 1. The lowest BCUT2D eigenvalue weighted by Gasteiger charge is -2.33. The van der Waals surface area contributed by atoms with Gasteiger partial charge in [0.05, 0.1) is 29.4 Å². The van der Waals surface area contributed by atoms with Gasteiger partial charge in [-0.2, -0.15) is 0 Å². The van der Waals surface area contributed by atoms with E-state index in [0.29, 0.717) is 17.3 Å². The maximum absolute atomic E-state index is 12.8. The molecule has 30 heavy (non-hydrogen) atoms. The number of hydrogen-bond donors (Lipinski definition) is 1. The summed E-state index contributed by atoms with van der Waals surface area (Å²) in [7, 11) is 1.65. The fourth-order valence-electron chi connectivity index (χ4n) is 3.64. The molecule has 1 amide bonds. The van der Waals surface area contributed by atoms with Crippen molar-refractivity contribution >= 4 is 29.0 Å². The van der Waals surface area contributed by atoms with Crippen LogP contribution in [-0.4, -0.2) is 36.1 Å². The second-order valence-electron chi connectivity index (χ2n) is 7.24. The average molecular weight is 423 g/mol. The molecule has 2 aromatic carbocycles. The summed E-state index contributed by atoms with van der Waals surface area (Å²) in [5.41, 5.74) is 2.47. The van der Waals surface area contributed by atoms with Crippen LogP contribution in [0.2, 0.25) is 5.02 Å². The SMILES string of the molecule is COc1ccc(-c2cc(N3CCC[C@@H](C(=O)Nc4ccccc4Cl)C3)ncn2)cc1. The summed E-state index contributed by atoms with van der Waals surface area (Å²) in [6.07, 6.45) is 3.33. The molecule has 1 aliphatic heterocycles. The number of methoxy groups -OCH3 is 1. The Morgan fingerprint density at radius 2 is 1.97 bits per heavy atom. The molecular formula is C23H23ClN4O2. The van der Waals surface area contributed by atoms with Gasteiger partial charge in [0.15, 0.2) is 0 Å². The van der Waals surface area contributed by atoms with Gasteiger partial charge in [-0.1, -0.05) is 23.7 Å². The number of halogens is 1. The van der Waals surface area contributed by atoms with Crippen LogP contribution in [0, 0.1) is 5.92 Å². The quantitative estimate of drug-likeness (QED) is 0.647. The van der Waals surface area contributed by atoms with E-state index in [2.05, 4.69) is 20.2 Å². The van der Waals surface area contributed by atoms with E-state index in [1.165, 1.54) is 0 Å². The van der Waals surface area contributed by atoms with Crippen molar-refractivity contribution in [3.63, 3.8) is 0 Å². The number of benzene rings is 2. The topological polar surface area (TPSA) is 67.3 Å². The number of hydrogen-bond acceptors (Lipinski definition) is 5. The number of ether oxygens (including phenoxy) is 1. The number of piperidine rings is 1. The Hall–Kier alpha value is -3.12. The Morgan fingerprint density at radius 3 is 2.73 bits per heavy atom. The third-order valence-corrected chi connectivity index (χ3v) is 5.62. The summed E-state index contributed by atoms with van der Waals surface area (Å²) >= 11 is 6.18. The van der Waals surface area contributed by atoms with Crippen molar-refractivity contribution in [2.75, 3.05) is 30.4 Å². The Balaban J connectivity index is 1.47. The maximum Gasteiger partial charge on any atom is 0.229 e. The fourth-order valence-corrected chi connectivity index (χ4v) is 3.82. The van der Waals surface area contributed by atoms with Crippen molar-refractivity contribution in [3.05, 3.63) is 65.9 Å². The fraction of sp³-hybridized carbons (Fsp3) is 0.261. The summed E-state index contributed by atoms with van der Waals surface area (Å²) in [5.74, 6) is 1.48. The first-order valence-corrected chi connectivity index (χ1v) is 10.3. The lowest BCUT2D eigenvalue weighted by Crippen LogP contribution is -2.41. The second kappa shape index (κ2) is 9.13. The zero-order chi connectivity index (χ0) is 20.9. The molecule has 0 bridgehead atoms. The molecule has 4 rings (SSSR count). The zero-order valence-corrected chi connectivity index (χ0v) is 17.5. The molecular weight excluding hydrogens is 400 g/mol. The van der Waals surface area contributed by atoms with Gasteiger partial charge in [-0.3, -0.25) is 4.79 Å². The summed E-state index contributed by atoms with van der Waals surface area (Å²) < 4.78 is 5.22. The van der Waals surface area contributed by atoms with E-state index in [1.54, 1.807) is 19.5 Å². The summed E-state index contributed by atoms with van der Waals surface area (Å²) in [6, 6.07) is 17.0. The van der Waals surface area contributed by atoms with Crippen molar-refractivity contribution < 1.29 is 9.53 Å². The lowest BCUT2D eigenvalue weighted by atomic mass is 9.97. The molecule has 1 N–H and O–H groups in total. The Labute approximate surface area is 180 Å². The molecule has 1 aliphatic rings. The number of para-hydroxylation sites is 1. The Kier molecular flexibility index (Phi) is 6.14. The molecule has 3 aromatic rings. The highest BCUT2D eigenvalue weighted by Crippen LogP contribution is 2.27. The van der Waals surface area contributed by atoms with Crippen molar-refractivity contribution in [2.45, 2.75) is 12.8 Å². The third kappa shape index (κ3) is 4.54. The minimum atomic E-state index is -0.130. The first-order chi connectivity index (χ1) is 14.6. The zero-order valence-electron chi connectivity index (χ0n) is 16.7. The molecule has 1 atom stereocenters. The van der Waals surface area contributed by atoms with Gasteiger partial charge >= 0.3 is 0 Å². The summed E-state index contributed by atoms with van der Waals surface area (Å²) in [4.78, 5) is 23.8. The van der Waals surface area contributed by atoms with Gasteiger partial charge < -0.3 is 15.0 Å². The van der Waals surface area contributed by atoms with Crippen LogP contribution in [0.1, 0.15) is 12.8 Å². The van der Waals surface area contributed by atoms with Gasteiger partial charge in [0.25, 0.3) is 0 Å². The molecule has 6 nitrogen and oxygen atoms in total. The van der Waals surface area contributed by atoms with Gasteiger partial charge in [0.1, 0.15) is 17.9 Å². The van der Waals surface area contributed by atoms with E-state index in [4.69, 9.17) is 16.3 Å². The molecule has 0 radical (unpaired) electrons. The molecule has 154 valence electrons. The van der Waals surface area contributed by atoms with Crippen LogP contribution in [0.15, 0.2) is 60.9 Å². The molecule has 7 heteroatoms. The molecule has 0 aliphatic carbocycles. The van der Waals surface area contributed by atoms with Crippen LogP contribution in [0.25, 0.3) is 11.3 Å². The van der Waals surface area contributed by atoms with Gasteiger partial charge in [-0.05, 0) is 49.2 Å². The molecule has 1 fully saturated rings. The molecule has 0 unspecified atom stereocenters. The van der Waals surface area contributed by atoms with Crippen LogP contribution in [0.5, 0.6) is 5.75 Å². The largest absolute Gasteiger partial charge is 0.497 e. The smallest absolute Gasteiger partial charge is 0.229 e. The lowest BCUT2D eigenvalue weighted by molar-refractivity contribution is -0.120. The number of rotatable bonds is 5. The van der Waals surface area contributed by atoms with E-state index in [-0.39, 0.29) is 11.8 Å².